The number of anilines is 1. The zero-order chi connectivity index (χ0) is 20.2. The van der Waals surface area contributed by atoms with Crippen LogP contribution >= 0.6 is 11.3 Å². The van der Waals surface area contributed by atoms with E-state index in [0.29, 0.717) is 17.5 Å². The average molecular weight is 413 g/mol. The van der Waals surface area contributed by atoms with Crippen LogP contribution in [0.3, 0.4) is 0 Å². The van der Waals surface area contributed by atoms with Crippen molar-refractivity contribution in [1.82, 2.24) is 15.1 Å². The molecule has 29 heavy (non-hydrogen) atoms. The lowest BCUT2D eigenvalue weighted by molar-refractivity contribution is -0.137. The van der Waals surface area contributed by atoms with Gasteiger partial charge in [0.1, 0.15) is 5.01 Å². The summed E-state index contributed by atoms with van der Waals surface area (Å²) in [7, 11) is 0. The number of aromatic nitrogens is 2. The van der Waals surface area contributed by atoms with E-state index in [1.165, 1.54) is 30.6 Å². The molecule has 2 amide bonds. The number of hydrogen-bond acceptors (Lipinski definition) is 5. The fraction of sp³-hybridized carbons (Fsp3) is 0.545. The molecule has 1 atom stereocenters. The van der Waals surface area contributed by atoms with Crippen LogP contribution in [0.4, 0.5) is 5.69 Å². The summed E-state index contributed by atoms with van der Waals surface area (Å²) in [6.45, 7) is 3.55. The van der Waals surface area contributed by atoms with Crippen LogP contribution < -0.4 is 5.32 Å². The van der Waals surface area contributed by atoms with Gasteiger partial charge >= 0.3 is 0 Å². The Labute approximate surface area is 175 Å². The second-order valence-electron chi connectivity index (χ2n) is 8.22. The van der Waals surface area contributed by atoms with Crippen molar-refractivity contribution in [2.45, 2.75) is 57.8 Å². The zero-order valence-electron chi connectivity index (χ0n) is 16.9. The van der Waals surface area contributed by atoms with E-state index in [1.54, 1.807) is 0 Å². The SMILES string of the molecule is Cc1ccc(NC(=O)c2nnc([C@@H]3CCCN(C(=O)C4CCCCC4)C3)s2)cc1. The van der Waals surface area contributed by atoms with Gasteiger partial charge in [-0.2, -0.15) is 0 Å². The molecule has 1 aromatic heterocycles. The minimum Gasteiger partial charge on any atom is -0.342 e. The van der Waals surface area contributed by atoms with Gasteiger partial charge < -0.3 is 10.2 Å². The van der Waals surface area contributed by atoms with Crippen LogP contribution in [0.5, 0.6) is 0 Å². The van der Waals surface area contributed by atoms with Crippen LogP contribution in [0, 0.1) is 12.8 Å². The molecule has 2 heterocycles. The first-order chi connectivity index (χ1) is 14.1. The van der Waals surface area contributed by atoms with Crippen molar-refractivity contribution >= 4 is 28.8 Å². The van der Waals surface area contributed by atoms with Crippen molar-refractivity contribution in [2.75, 3.05) is 18.4 Å². The molecule has 1 aliphatic carbocycles. The summed E-state index contributed by atoms with van der Waals surface area (Å²) in [6.07, 6.45) is 7.62. The first-order valence-electron chi connectivity index (χ1n) is 10.6. The normalized spacial score (nSPS) is 20.4. The number of aryl methyl sites for hydroxylation is 1. The number of likely N-dealkylation sites (tertiary alicyclic amines) is 1. The number of hydrogen-bond donors (Lipinski definition) is 1. The third-order valence-corrected chi connectivity index (χ3v) is 7.07. The van der Waals surface area contributed by atoms with Gasteiger partial charge in [-0.15, -0.1) is 10.2 Å². The summed E-state index contributed by atoms with van der Waals surface area (Å²) < 4.78 is 0. The van der Waals surface area contributed by atoms with Gasteiger partial charge in [0.2, 0.25) is 10.9 Å². The average Bonchev–Trinajstić information content (AvgIpc) is 3.26. The van der Waals surface area contributed by atoms with E-state index in [4.69, 9.17) is 0 Å². The van der Waals surface area contributed by atoms with Crippen LogP contribution in [0.2, 0.25) is 0 Å². The molecule has 2 aliphatic rings. The third-order valence-electron chi connectivity index (χ3n) is 5.98. The van der Waals surface area contributed by atoms with Crippen molar-refractivity contribution in [3.8, 4) is 0 Å². The van der Waals surface area contributed by atoms with Gasteiger partial charge in [-0.25, -0.2) is 0 Å². The number of carbonyl (C=O) groups is 2. The number of rotatable bonds is 4. The van der Waals surface area contributed by atoms with Gasteiger partial charge in [0, 0.05) is 30.6 Å². The van der Waals surface area contributed by atoms with Crippen molar-refractivity contribution in [1.29, 1.82) is 0 Å². The molecule has 1 saturated heterocycles. The molecule has 1 aliphatic heterocycles. The lowest BCUT2D eigenvalue weighted by Crippen LogP contribution is -2.42. The molecule has 0 bridgehead atoms. The smallest absolute Gasteiger partial charge is 0.286 e. The quantitative estimate of drug-likeness (QED) is 0.808. The predicted molar refractivity (Wildman–Crippen MR) is 114 cm³/mol. The maximum absolute atomic E-state index is 12.9. The minimum atomic E-state index is -0.233. The highest BCUT2D eigenvalue weighted by Crippen LogP contribution is 2.32. The largest absolute Gasteiger partial charge is 0.342 e. The van der Waals surface area contributed by atoms with Crippen molar-refractivity contribution < 1.29 is 9.59 Å². The fourth-order valence-electron chi connectivity index (χ4n) is 4.30. The number of benzene rings is 1. The van der Waals surface area contributed by atoms with Crippen LogP contribution in [-0.2, 0) is 4.79 Å². The number of piperidine rings is 1. The highest BCUT2D eigenvalue weighted by atomic mass is 32.1. The Morgan fingerprint density at radius 1 is 1.03 bits per heavy atom. The minimum absolute atomic E-state index is 0.176. The molecule has 0 radical (unpaired) electrons. The van der Waals surface area contributed by atoms with E-state index >= 15 is 0 Å². The van der Waals surface area contributed by atoms with E-state index in [-0.39, 0.29) is 17.7 Å². The molecule has 7 heteroatoms. The van der Waals surface area contributed by atoms with Crippen molar-refractivity contribution in [2.24, 2.45) is 5.92 Å². The Morgan fingerprint density at radius 3 is 2.55 bits per heavy atom. The molecular formula is C22H28N4O2S. The molecule has 2 aromatic rings. The van der Waals surface area contributed by atoms with Gasteiger partial charge in [0.05, 0.1) is 0 Å². The monoisotopic (exact) mass is 412 g/mol. The first kappa shape index (κ1) is 20.0. The van der Waals surface area contributed by atoms with E-state index < -0.39 is 0 Å². The molecule has 1 saturated carbocycles. The maximum atomic E-state index is 12.9. The van der Waals surface area contributed by atoms with Gasteiger partial charge in [-0.05, 0) is 44.7 Å². The Bertz CT molecular complexity index is 858. The van der Waals surface area contributed by atoms with Gasteiger partial charge in [0.25, 0.3) is 5.91 Å². The van der Waals surface area contributed by atoms with Crippen LogP contribution in [-0.4, -0.2) is 40.0 Å². The van der Waals surface area contributed by atoms with Gasteiger partial charge in [-0.3, -0.25) is 9.59 Å². The summed E-state index contributed by atoms with van der Waals surface area (Å²) >= 11 is 1.35. The number of nitrogens with one attached hydrogen (secondary N) is 1. The number of amides is 2. The highest BCUT2D eigenvalue weighted by Gasteiger charge is 2.32. The number of carbonyl (C=O) groups excluding carboxylic acids is 2. The van der Waals surface area contributed by atoms with E-state index in [0.717, 1.165) is 48.5 Å². The van der Waals surface area contributed by atoms with E-state index in [1.807, 2.05) is 36.1 Å². The standard InChI is InChI=1S/C22H28N4O2S/c1-15-9-11-18(12-10-15)23-19(27)21-25-24-20(29-21)17-8-5-13-26(14-17)22(28)16-6-3-2-4-7-16/h9-12,16-17H,2-8,13-14H2,1H3,(H,23,27)/t17-/m1/s1. The lowest BCUT2D eigenvalue weighted by Gasteiger charge is -2.35. The zero-order valence-corrected chi connectivity index (χ0v) is 17.7. The second-order valence-corrected chi connectivity index (χ2v) is 9.23. The molecule has 154 valence electrons. The Morgan fingerprint density at radius 2 is 1.79 bits per heavy atom. The van der Waals surface area contributed by atoms with E-state index in [9.17, 15) is 9.59 Å². The third kappa shape index (κ3) is 4.83. The molecule has 1 aromatic carbocycles. The van der Waals surface area contributed by atoms with E-state index in [2.05, 4.69) is 15.5 Å². The molecule has 6 nitrogen and oxygen atoms in total. The summed E-state index contributed by atoms with van der Waals surface area (Å²) in [5, 5.41) is 12.5. The molecule has 4 rings (SSSR count). The Hall–Kier alpha value is -2.28. The number of nitrogens with zero attached hydrogens (tertiary/aromatic N) is 3. The second kappa shape index (κ2) is 9.03. The molecule has 0 spiro atoms. The predicted octanol–water partition coefficient (Wildman–Crippen LogP) is 4.39. The molecule has 1 N–H and O–H groups in total. The maximum Gasteiger partial charge on any atom is 0.286 e. The fourth-order valence-corrected chi connectivity index (χ4v) is 5.16. The lowest BCUT2D eigenvalue weighted by atomic mass is 9.87. The Balaban J connectivity index is 1.38. The van der Waals surface area contributed by atoms with Crippen LogP contribution in [0.15, 0.2) is 24.3 Å². The van der Waals surface area contributed by atoms with Crippen LogP contribution in [0.1, 0.15) is 71.2 Å². The van der Waals surface area contributed by atoms with Gasteiger partial charge in [-0.1, -0.05) is 48.3 Å². The highest BCUT2D eigenvalue weighted by molar-refractivity contribution is 7.13. The van der Waals surface area contributed by atoms with Crippen LogP contribution in [0.25, 0.3) is 0 Å². The Kier molecular flexibility index (Phi) is 6.23. The topological polar surface area (TPSA) is 75.2 Å². The van der Waals surface area contributed by atoms with Gasteiger partial charge in [0.15, 0.2) is 0 Å². The first-order valence-corrected chi connectivity index (χ1v) is 11.4. The molecular weight excluding hydrogens is 384 g/mol. The summed E-state index contributed by atoms with van der Waals surface area (Å²) in [5.74, 6) is 0.460. The van der Waals surface area contributed by atoms with Crippen molar-refractivity contribution in [3.63, 3.8) is 0 Å². The van der Waals surface area contributed by atoms with Crippen molar-refractivity contribution in [3.05, 3.63) is 39.8 Å². The molecule has 0 unspecified atom stereocenters. The summed E-state index contributed by atoms with van der Waals surface area (Å²) in [4.78, 5) is 27.4. The summed E-state index contributed by atoms with van der Waals surface area (Å²) in [5.41, 5.74) is 1.89. The summed E-state index contributed by atoms with van der Waals surface area (Å²) in [6, 6.07) is 7.68. The molecule has 2 fully saturated rings.